The Bertz CT molecular complexity index is 501. The molecule has 124 valence electrons. The third-order valence-electron chi connectivity index (χ3n) is 3.09. The van der Waals surface area contributed by atoms with Gasteiger partial charge in [-0.15, -0.1) is 0 Å². The normalized spacial score (nSPS) is 12.0. The van der Waals surface area contributed by atoms with Gasteiger partial charge in [-0.05, 0) is 18.9 Å². The molecule has 0 aliphatic heterocycles. The van der Waals surface area contributed by atoms with E-state index in [0.717, 1.165) is 32.1 Å². The minimum absolute atomic E-state index is 0.00518. The molecule has 22 heavy (non-hydrogen) atoms. The molecule has 1 heterocycles. The van der Waals surface area contributed by atoms with E-state index >= 15 is 0 Å². The lowest BCUT2D eigenvalue weighted by Crippen LogP contribution is -2.34. The van der Waals surface area contributed by atoms with Gasteiger partial charge in [0, 0.05) is 6.92 Å². The fourth-order valence-corrected chi connectivity index (χ4v) is 2.33. The second-order valence-corrected chi connectivity index (χ2v) is 5.89. The average molecular weight is 351 g/mol. The molecular weight excluding hydrogens is 330 g/mol. The van der Waals surface area contributed by atoms with E-state index < -0.39 is 5.95 Å². The van der Waals surface area contributed by atoms with Gasteiger partial charge in [-0.2, -0.15) is 9.37 Å². The molecule has 1 aromatic heterocycles. The molecule has 1 N–H and O–H groups in total. The Morgan fingerprint density at radius 2 is 2.09 bits per heavy atom. The lowest BCUT2D eigenvalue weighted by molar-refractivity contribution is -0.119. The third-order valence-corrected chi connectivity index (χ3v) is 3.63. The van der Waals surface area contributed by atoms with Gasteiger partial charge in [0.05, 0.1) is 11.6 Å². The van der Waals surface area contributed by atoms with E-state index in [4.69, 9.17) is 27.9 Å². The van der Waals surface area contributed by atoms with Crippen LogP contribution < -0.4 is 10.1 Å². The molecule has 1 unspecified atom stereocenters. The fourth-order valence-electron chi connectivity index (χ4n) is 1.93. The number of halogens is 3. The highest BCUT2D eigenvalue weighted by atomic mass is 35.5. The summed E-state index contributed by atoms with van der Waals surface area (Å²) in [6.07, 6.45) is 4.71. The number of hydrogen-bond donors (Lipinski definition) is 1. The molecule has 0 bridgehead atoms. The van der Waals surface area contributed by atoms with Gasteiger partial charge >= 0.3 is 0 Å². The number of unbranched alkanes of at least 4 members (excludes halogenated alkanes) is 3. The van der Waals surface area contributed by atoms with Gasteiger partial charge in [0.2, 0.25) is 17.7 Å². The summed E-state index contributed by atoms with van der Waals surface area (Å²) < 4.78 is 19.1. The average Bonchev–Trinajstić information content (AvgIpc) is 2.46. The molecule has 1 amide bonds. The number of nitrogens with one attached hydrogen (secondary N) is 1. The quantitative estimate of drug-likeness (QED) is 0.531. The Morgan fingerprint density at radius 1 is 1.36 bits per heavy atom. The number of nitrogens with zero attached hydrogens (tertiary/aromatic N) is 1. The Morgan fingerprint density at radius 3 is 2.73 bits per heavy atom. The maximum atomic E-state index is 13.4. The molecule has 0 spiro atoms. The van der Waals surface area contributed by atoms with Crippen LogP contribution in [0.3, 0.4) is 0 Å². The maximum Gasteiger partial charge on any atom is 0.235 e. The molecule has 0 aromatic carbocycles. The van der Waals surface area contributed by atoms with Gasteiger partial charge in [0.1, 0.15) is 11.1 Å². The first-order chi connectivity index (χ1) is 10.4. The molecule has 1 atom stereocenters. The lowest BCUT2D eigenvalue weighted by atomic mass is 10.1. The Hall–Kier alpha value is -1.07. The van der Waals surface area contributed by atoms with E-state index in [1.165, 1.54) is 13.0 Å². The fraction of sp³-hybridized carbons (Fsp3) is 0.600. The molecule has 4 nitrogen and oxygen atoms in total. The van der Waals surface area contributed by atoms with Crippen molar-refractivity contribution in [2.45, 2.75) is 52.1 Å². The van der Waals surface area contributed by atoms with E-state index in [1.807, 2.05) is 0 Å². The van der Waals surface area contributed by atoms with E-state index in [9.17, 15) is 9.18 Å². The first kappa shape index (κ1) is 19.0. The van der Waals surface area contributed by atoms with Crippen molar-refractivity contribution in [1.29, 1.82) is 0 Å². The second kappa shape index (κ2) is 9.85. The van der Waals surface area contributed by atoms with Crippen LogP contribution in [0.2, 0.25) is 10.0 Å². The monoisotopic (exact) mass is 350 g/mol. The van der Waals surface area contributed by atoms with Crippen LogP contribution in [0, 0.1) is 5.95 Å². The molecule has 0 saturated carbocycles. The van der Waals surface area contributed by atoms with E-state index in [1.54, 1.807) is 0 Å². The SMILES string of the molecule is CCCCCCC(CNC(C)=O)Oc1nc(F)c(Cl)cc1Cl. The van der Waals surface area contributed by atoms with Crippen molar-refractivity contribution in [3.8, 4) is 5.88 Å². The van der Waals surface area contributed by atoms with Gasteiger partial charge < -0.3 is 10.1 Å². The summed E-state index contributed by atoms with van der Waals surface area (Å²) in [4.78, 5) is 14.7. The third kappa shape index (κ3) is 6.79. The number of carbonyl (C=O) groups is 1. The number of pyridine rings is 1. The van der Waals surface area contributed by atoms with Crippen molar-refractivity contribution in [2.75, 3.05) is 6.54 Å². The van der Waals surface area contributed by atoms with Gasteiger partial charge in [-0.1, -0.05) is 49.4 Å². The summed E-state index contributed by atoms with van der Waals surface area (Å²) >= 11 is 11.6. The molecular formula is C15H21Cl2FN2O2. The number of carbonyl (C=O) groups excluding carboxylic acids is 1. The number of amides is 1. The van der Waals surface area contributed by atoms with E-state index in [0.29, 0.717) is 6.54 Å². The van der Waals surface area contributed by atoms with Crippen LogP contribution in [0.4, 0.5) is 4.39 Å². The second-order valence-electron chi connectivity index (χ2n) is 5.07. The van der Waals surface area contributed by atoms with Gasteiger partial charge in [-0.25, -0.2) is 0 Å². The standard InChI is InChI=1S/C15H21Cl2FN2O2/c1-3-4-5-6-7-11(9-19-10(2)21)22-15-13(17)8-12(16)14(18)20-15/h8,11H,3-7,9H2,1-2H3,(H,19,21). The Balaban J connectivity index is 2.69. The molecule has 0 fully saturated rings. The number of aromatic nitrogens is 1. The Labute approximate surface area is 140 Å². The summed E-state index contributed by atoms with van der Waals surface area (Å²) in [5.41, 5.74) is 0. The van der Waals surface area contributed by atoms with Crippen molar-refractivity contribution in [2.24, 2.45) is 0 Å². The molecule has 1 aromatic rings. The first-order valence-electron chi connectivity index (χ1n) is 7.36. The van der Waals surface area contributed by atoms with Crippen molar-refractivity contribution in [3.05, 3.63) is 22.1 Å². The summed E-state index contributed by atoms with van der Waals surface area (Å²) in [5.74, 6) is -0.983. The highest BCUT2D eigenvalue weighted by molar-refractivity contribution is 6.35. The minimum atomic E-state index is -0.828. The van der Waals surface area contributed by atoms with Crippen molar-refractivity contribution in [1.82, 2.24) is 10.3 Å². The largest absolute Gasteiger partial charge is 0.471 e. The highest BCUT2D eigenvalue weighted by Crippen LogP contribution is 2.28. The van der Waals surface area contributed by atoms with Crippen LogP contribution in [0.5, 0.6) is 5.88 Å². The highest BCUT2D eigenvalue weighted by Gasteiger charge is 2.16. The van der Waals surface area contributed by atoms with E-state index in [-0.39, 0.29) is 27.9 Å². The maximum absolute atomic E-state index is 13.4. The Kier molecular flexibility index (Phi) is 8.49. The number of hydrogen-bond acceptors (Lipinski definition) is 3. The zero-order valence-electron chi connectivity index (χ0n) is 12.8. The van der Waals surface area contributed by atoms with Crippen molar-refractivity contribution in [3.63, 3.8) is 0 Å². The van der Waals surface area contributed by atoms with Crippen LogP contribution in [0.1, 0.15) is 46.0 Å². The first-order valence-corrected chi connectivity index (χ1v) is 8.12. The van der Waals surface area contributed by atoms with Gasteiger partial charge in [-0.3, -0.25) is 4.79 Å². The van der Waals surface area contributed by atoms with Crippen molar-refractivity contribution >= 4 is 29.1 Å². The lowest BCUT2D eigenvalue weighted by Gasteiger charge is -2.19. The van der Waals surface area contributed by atoms with Crippen LogP contribution in [-0.2, 0) is 4.79 Å². The molecule has 0 radical (unpaired) electrons. The minimum Gasteiger partial charge on any atom is -0.471 e. The zero-order valence-corrected chi connectivity index (χ0v) is 14.3. The smallest absolute Gasteiger partial charge is 0.235 e. The van der Waals surface area contributed by atoms with Crippen LogP contribution in [0.15, 0.2) is 6.07 Å². The summed E-state index contributed by atoms with van der Waals surface area (Å²) in [6, 6.07) is 1.26. The topological polar surface area (TPSA) is 51.2 Å². The summed E-state index contributed by atoms with van der Waals surface area (Å²) in [6.45, 7) is 3.89. The number of rotatable bonds is 9. The molecule has 1 rings (SSSR count). The van der Waals surface area contributed by atoms with Gasteiger partial charge in [0.25, 0.3) is 0 Å². The predicted molar refractivity (Wildman–Crippen MR) is 86.1 cm³/mol. The van der Waals surface area contributed by atoms with E-state index in [2.05, 4.69) is 17.2 Å². The summed E-state index contributed by atoms with van der Waals surface area (Å²) in [7, 11) is 0. The van der Waals surface area contributed by atoms with Gasteiger partial charge in [0.15, 0.2) is 0 Å². The summed E-state index contributed by atoms with van der Waals surface area (Å²) in [5, 5.41) is 2.69. The molecule has 7 heteroatoms. The zero-order chi connectivity index (χ0) is 16.5. The molecule has 0 aliphatic carbocycles. The van der Waals surface area contributed by atoms with Crippen LogP contribution in [-0.4, -0.2) is 23.5 Å². The molecule has 0 aliphatic rings. The van der Waals surface area contributed by atoms with Crippen LogP contribution in [0.25, 0.3) is 0 Å². The predicted octanol–water partition coefficient (Wildman–Crippen LogP) is 4.38. The van der Waals surface area contributed by atoms with Crippen LogP contribution >= 0.6 is 23.2 Å². The number of ether oxygens (including phenoxy) is 1. The molecule has 0 saturated heterocycles. The van der Waals surface area contributed by atoms with Crippen molar-refractivity contribution < 1.29 is 13.9 Å².